The molecule has 1 N–H and O–H groups in total. The van der Waals surface area contributed by atoms with Crippen LogP contribution in [0.2, 0.25) is 0 Å². The zero-order valence-electron chi connectivity index (χ0n) is 9.29. The van der Waals surface area contributed by atoms with Gasteiger partial charge in [-0.05, 0) is 38.1 Å². The van der Waals surface area contributed by atoms with Crippen LogP contribution in [0, 0.1) is 5.82 Å². The van der Waals surface area contributed by atoms with Gasteiger partial charge in [0, 0.05) is 16.7 Å². The van der Waals surface area contributed by atoms with Gasteiger partial charge in [-0.1, -0.05) is 13.0 Å². The molecule has 0 aromatic heterocycles. The van der Waals surface area contributed by atoms with Crippen LogP contribution in [0.15, 0.2) is 29.2 Å². The quantitative estimate of drug-likeness (QED) is 0.748. The Hall–Kier alpha value is -0.540. The second-order valence-corrected chi connectivity index (χ2v) is 4.72. The Bertz CT molecular complexity index is 291. The van der Waals surface area contributed by atoms with Gasteiger partial charge >= 0.3 is 0 Å². The number of hydrogen-bond donors (Lipinski definition) is 1. The lowest BCUT2D eigenvalue weighted by Crippen LogP contribution is -2.28. The number of benzene rings is 1. The first kappa shape index (κ1) is 12.5. The van der Waals surface area contributed by atoms with Crippen molar-refractivity contribution in [3.63, 3.8) is 0 Å². The fourth-order valence-corrected chi connectivity index (χ4v) is 2.16. The smallest absolute Gasteiger partial charge is 0.124 e. The summed E-state index contributed by atoms with van der Waals surface area (Å²) in [6.45, 7) is 5.35. The molecular weight excluding hydrogens is 209 g/mol. The van der Waals surface area contributed by atoms with E-state index in [9.17, 15) is 4.39 Å². The van der Waals surface area contributed by atoms with Gasteiger partial charge in [-0.2, -0.15) is 0 Å². The molecule has 0 radical (unpaired) electrons. The molecule has 1 atom stereocenters. The summed E-state index contributed by atoms with van der Waals surface area (Å²) in [6, 6.07) is 7.22. The monoisotopic (exact) mass is 227 g/mol. The summed E-state index contributed by atoms with van der Waals surface area (Å²) < 4.78 is 12.9. The Labute approximate surface area is 95.5 Å². The number of thioether (sulfide) groups is 1. The highest BCUT2D eigenvalue weighted by Gasteiger charge is 2.02. The van der Waals surface area contributed by atoms with E-state index in [2.05, 4.69) is 19.2 Å². The van der Waals surface area contributed by atoms with Gasteiger partial charge in [0.1, 0.15) is 5.82 Å². The molecule has 0 spiro atoms. The van der Waals surface area contributed by atoms with E-state index in [-0.39, 0.29) is 5.82 Å². The SMILES string of the molecule is CCCNC(C)CSc1cccc(F)c1. The minimum absolute atomic E-state index is 0.158. The molecule has 84 valence electrons. The minimum Gasteiger partial charge on any atom is -0.313 e. The first-order valence-electron chi connectivity index (χ1n) is 5.34. The lowest BCUT2D eigenvalue weighted by Gasteiger charge is -2.12. The maximum atomic E-state index is 12.9. The van der Waals surface area contributed by atoms with E-state index < -0.39 is 0 Å². The molecular formula is C12H18FNS. The molecule has 0 saturated heterocycles. The molecule has 1 nitrogen and oxygen atoms in total. The maximum Gasteiger partial charge on any atom is 0.124 e. The molecule has 0 amide bonds. The summed E-state index contributed by atoms with van der Waals surface area (Å²) in [6.07, 6.45) is 1.15. The lowest BCUT2D eigenvalue weighted by atomic mass is 10.3. The van der Waals surface area contributed by atoms with Gasteiger partial charge in [0.15, 0.2) is 0 Å². The summed E-state index contributed by atoms with van der Waals surface area (Å²) in [5.74, 6) is 0.817. The van der Waals surface area contributed by atoms with Crippen LogP contribution in [0.1, 0.15) is 20.3 Å². The minimum atomic E-state index is -0.158. The van der Waals surface area contributed by atoms with E-state index in [1.165, 1.54) is 6.07 Å². The lowest BCUT2D eigenvalue weighted by molar-refractivity contribution is 0.590. The molecule has 15 heavy (non-hydrogen) atoms. The van der Waals surface area contributed by atoms with Crippen LogP contribution in [0.5, 0.6) is 0 Å². The van der Waals surface area contributed by atoms with Crippen LogP contribution in [0.25, 0.3) is 0 Å². The number of hydrogen-bond acceptors (Lipinski definition) is 2. The van der Waals surface area contributed by atoms with Crippen molar-refractivity contribution in [2.45, 2.75) is 31.2 Å². The average Bonchev–Trinajstić information content (AvgIpc) is 2.23. The summed E-state index contributed by atoms with van der Waals surface area (Å²) in [5.41, 5.74) is 0. The normalized spacial score (nSPS) is 12.7. The highest BCUT2D eigenvalue weighted by atomic mass is 32.2. The Kier molecular flexibility index (Phi) is 5.73. The van der Waals surface area contributed by atoms with Crippen molar-refractivity contribution < 1.29 is 4.39 Å². The van der Waals surface area contributed by atoms with Crippen molar-refractivity contribution in [2.75, 3.05) is 12.3 Å². The van der Waals surface area contributed by atoms with Gasteiger partial charge in [0.05, 0.1) is 0 Å². The van der Waals surface area contributed by atoms with Crippen LogP contribution in [-0.4, -0.2) is 18.3 Å². The Morgan fingerprint density at radius 3 is 2.93 bits per heavy atom. The van der Waals surface area contributed by atoms with Crippen molar-refractivity contribution in [2.24, 2.45) is 0 Å². The molecule has 0 bridgehead atoms. The van der Waals surface area contributed by atoms with Crippen molar-refractivity contribution in [3.05, 3.63) is 30.1 Å². The maximum absolute atomic E-state index is 12.9. The zero-order chi connectivity index (χ0) is 11.1. The molecule has 0 aliphatic heterocycles. The van der Waals surface area contributed by atoms with Gasteiger partial charge in [-0.25, -0.2) is 4.39 Å². The van der Waals surface area contributed by atoms with Crippen molar-refractivity contribution in [1.82, 2.24) is 5.32 Å². The second kappa shape index (κ2) is 6.85. The molecule has 0 saturated carbocycles. The molecule has 0 aliphatic carbocycles. The molecule has 1 unspecified atom stereocenters. The third-order valence-electron chi connectivity index (χ3n) is 2.04. The van der Waals surface area contributed by atoms with E-state index >= 15 is 0 Å². The van der Waals surface area contributed by atoms with E-state index in [4.69, 9.17) is 0 Å². The van der Waals surface area contributed by atoms with Crippen LogP contribution in [0.3, 0.4) is 0 Å². The number of halogens is 1. The molecule has 0 heterocycles. The summed E-state index contributed by atoms with van der Waals surface area (Å²) in [7, 11) is 0. The molecule has 1 aromatic carbocycles. The van der Waals surface area contributed by atoms with Gasteiger partial charge in [0.25, 0.3) is 0 Å². The van der Waals surface area contributed by atoms with Crippen LogP contribution in [-0.2, 0) is 0 Å². The molecule has 1 rings (SSSR count). The van der Waals surface area contributed by atoms with Crippen LogP contribution >= 0.6 is 11.8 Å². The summed E-state index contributed by atoms with van der Waals surface area (Å²) in [4.78, 5) is 1.00. The van der Waals surface area contributed by atoms with Gasteiger partial charge in [-0.15, -0.1) is 11.8 Å². The first-order valence-corrected chi connectivity index (χ1v) is 6.32. The summed E-state index contributed by atoms with van der Waals surface area (Å²) in [5, 5.41) is 3.40. The predicted molar refractivity (Wildman–Crippen MR) is 64.9 cm³/mol. The van der Waals surface area contributed by atoms with E-state index in [0.29, 0.717) is 6.04 Å². The Balaban J connectivity index is 2.30. The molecule has 1 aromatic rings. The van der Waals surface area contributed by atoms with Crippen molar-refractivity contribution in [1.29, 1.82) is 0 Å². The molecule has 0 fully saturated rings. The van der Waals surface area contributed by atoms with Crippen LogP contribution < -0.4 is 5.32 Å². The molecule has 3 heteroatoms. The number of nitrogens with one attached hydrogen (secondary N) is 1. The summed E-state index contributed by atoms with van der Waals surface area (Å²) >= 11 is 1.69. The predicted octanol–water partition coefficient (Wildman–Crippen LogP) is 3.31. The Morgan fingerprint density at radius 2 is 2.27 bits per heavy atom. The standard InChI is InChI=1S/C12H18FNS/c1-3-7-14-10(2)9-15-12-6-4-5-11(13)8-12/h4-6,8,10,14H,3,7,9H2,1-2H3. The highest BCUT2D eigenvalue weighted by Crippen LogP contribution is 2.19. The van der Waals surface area contributed by atoms with Gasteiger partial charge in [0.2, 0.25) is 0 Å². The van der Waals surface area contributed by atoms with Crippen molar-refractivity contribution >= 4 is 11.8 Å². The zero-order valence-corrected chi connectivity index (χ0v) is 10.1. The van der Waals surface area contributed by atoms with Crippen LogP contribution in [0.4, 0.5) is 4.39 Å². The van der Waals surface area contributed by atoms with E-state index in [0.717, 1.165) is 23.6 Å². The average molecular weight is 227 g/mol. The molecule has 0 aliphatic rings. The third-order valence-corrected chi connectivity index (χ3v) is 3.29. The fourth-order valence-electron chi connectivity index (χ4n) is 1.23. The Morgan fingerprint density at radius 1 is 1.47 bits per heavy atom. The highest BCUT2D eigenvalue weighted by molar-refractivity contribution is 7.99. The van der Waals surface area contributed by atoms with Gasteiger partial charge in [-0.3, -0.25) is 0 Å². The fraction of sp³-hybridized carbons (Fsp3) is 0.500. The van der Waals surface area contributed by atoms with Crippen molar-refractivity contribution in [3.8, 4) is 0 Å². The topological polar surface area (TPSA) is 12.0 Å². The largest absolute Gasteiger partial charge is 0.313 e. The van der Waals surface area contributed by atoms with E-state index in [1.807, 2.05) is 6.07 Å². The number of rotatable bonds is 6. The second-order valence-electron chi connectivity index (χ2n) is 3.62. The van der Waals surface area contributed by atoms with E-state index in [1.54, 1.807) is 23.9 Å². The third kappa shape index (κ3) is 5.19. The van der Waals surface area contributed by atoms with Gasteiger partial charge < -0.3 is 5.32 Å². The first-order chi connectivity index (χ1) is 7.22.